The molecule has 0 saturated carbocycles. The average molecular weight is 385 g/mol. The Kier molecular flexibility index (Phi) is 4.03. The summed E-state index contributed by atoms with van der Waals surface area (Å²) in [5.41, 5.74) is 0.279. The van der Waals surface area contributed by atoms with Gasteiger partial charge in [-0.1, -0.05) is 40.9 Å². The Morgan fingerprint density at radius 2 is 1.83 bits per heavy atom. The maximum atomic E-state index is 12.9. The van der Waals surface area contributed by atoms with Gasteiger partial charge in [0.25, 0.3) is 10.0 Å². The second-order valence-electron chi connectivity index (χ2n) is 5.09. The van der Waals surface area contributed by atoms with Crippen LogP contribution in [-0.2, 0) is 10.0 Å². The lowest BCUT2D eigenvalue weighted by molar-refractivity contribution is 0.0692. The summed E-state index contributed by atoms with van der Waals surface area (Å²) < 4.78 is 26.6. The first-order chi connectivity index (χ1) is 11.2. The fourth-order valence-corrected chi connectivity index (χ4v) is 4.18. The lowest BCUT2D eigenvalue weighted by Crippen LogP contribution is -2.14. The SMILES string of the molecule is Cc1ccc(S(=O)(=O)n2cc(Cl)c3cc(Cl)nc(C(=O)O)c32)cc1. The van der Waals surface area contributed by atoms with Gasteiger partial charge in [-0.2, -0.15) is 0 Å². The molecule has 9 heteroatoms. The highest BCUT2D eigenvalue weighted by molar-refractivity contribution is 7.90. The molecule has 0 aliphatic carbocycles. The number of carboxylic acid groups (broad SMARTS) is 1. The number of fused-ring (bicyclic) bond motifs is 1. The Hall–Kier alpha value is -2.09. The Morgan fingerprint density at radius 3 is 2.42 bits per heavy atom. The molecule has 0 bridgehead atoms. The molecule has 6 nitrogen and oxygen atoms in total. The van der Waals surface area contributed by atoms with Gasteiger partial charge in [-0.3, -0.25) is 0 Å². The van der Waals surface area contributed by atoms with Gasteiger partial charge in [0.15, 0.2) is 5.69 Å². The van der Waals surface area contributed by atoms with E-state index in [1.807, 2.05) is 6.92 Å². The predicted molar refractivity (Wildman–Crippen MR) is 90.5 cm³/mol. The molecular weight excluding hydrogens is 375 g/mol. The molecule has 3 rings (SSSR count). The van der Waals surface area contributed by atoms with Gasteiger partial charge in [0, 0.05) is 11.6 Å². The maximum Gasteiger partial charge on any atom is 0.356 e. The molecule has 0 saturated heterocycles. The average Bonchev–Trinajstić information content (AvgIpc) is 2.84. The van der Waals surface area contributed by atoms with Gasteiger partial charge in [0.1, 0.15) is 5.15 Å². The third-order valence-electron chi connectivity index (χ3n) is 3.45. The number of benzene rings is 1. The lowest BCUT2D eigenvalue weighted by atomic mass is 10.2. The molecule has 0 fully saturated rings. The van der Waals surface area contributed by atoms with Crippen LogP contribution in [0.2, 0.25) is 10.2 Å². The number of carboxylic acids is 1. The molecule has 1 N–H and O–H groups in total. The summed E-state index contributed by atoms with van der Waals surface area (Å²) in [5, 5.41) is 9.51. The van der Waals surface area contributed by atoms with Crippen molar-refractivity contribution in [2.45, 2.75) is 11.8 Å². The predicted octanol–water partition coefficient (Wildman–Crippen LogP) is 3.59. The Morgan fingerprint density at radius 1 is 1.21 bits per heavy atom. The molecule has 0 aliphatic rings. The number of halogens is 2. The Bertz CT molecular complexity index is 1070. The summed E-state index contributed by atoms with van der Waals surface area (Å²) in [6.07, 6.45) is 1.14. The molecule has 0 radical (unpaired) electrons. The van der Waals surface area contributed by atoms with Crippen LogP contribution in [0.15, 0.2) is 41.4 Å². The number of hydrogen-bond donors (Lipinski definition) is 1. The van der Waals surface area contributed by atoms with E-state index >= 15 is 0 Å². The highest BCUT2D eigenvalue weighted by atomic mass is 35.5. The van der Waals surface area contributed by atoms with E-state index in [1.54, 1.807) is 12.1 Å². The molecular formula is C15H10Cl2N2O4S. The van der Waals surface area contributed by atoms with Crippen LogP contribution in [0, 0.1) is 6.92 Å². The van der Waals surface area contributed by atoms with Crippen molar-refractivity contribution in [3.63, 3.8) is 0 Å². The van der Waals surface area contributed by atoms with Gasteiger partial charge in [0.2, 0.25) is 0 Å². The van der Waals surface area contributed by atoms with Gasteiger partial charge < -0.3 is 5.11 Å². The molecule has 0 atom stereocenters. The zero-order valence-corrected chi connectivity index (χ0v) is 14.5. The van der Waals surface area contributed by atoms with Crippen LogP contribution in [0.5, 0.6) is 0 Å². The zero-order chi connectivity index (χ0) is 17.6. The number of pyridine rings is 1. The summed E-state index contributed by atoms with van der Waals surface area (Å²) in [6, 6.07) is 7.50. The minimum atomic E-state index is -4.04. The van der Waals surface area contributed by atoms with Crippen LogP contribution in [0.3, 0.4) is 0 Å². The number of aromatic nitrogens is 2. The van der Waals surface area contributed by atoms with Crippen molar-refractivity contribution in [1.82, 2.24) is 8.96 Å². The first-order valence-corrected chi connectivity index (χ1v) is 8.84. The van der Waals surface area contributed by atoms with Crippen molar-refractivity contribution in [3.05, 3.63) is 58.0 Å². The zero-order valence-electron chi connectivity index (χ0n) is 12.2. The van der Waals surface area contributed by atoms with Gasteiger partial charge in [-0.25, -0.2) is 22.2 Å². The number of aryl methyl sites for hydroxylation is 1. The van der Waals surface area contributed by atoms with Crippen molar-refractivity contribution in [2.75, 3.05) is 0 Å². The highest BCUT2D eigenvalue weighted by Crippen LogP contribution is 2.32. The van der Waals surface area contributed by atoms with Crippen molar-refractivity contribution in [1.29, 1.82) is 0 Å². The van der Waals surface area contributed by atoms with E-state index in [2.05, 4.69) is 4.98 Å². The first kappa shape index (κ1) is 16.8. The third-order valence-corrected chi connectivity index (χ3v) is 5.62. The van der Waals surface area contributed by atoms with Gasteiger partial charge in [0.05, 0.1) is 15.4 Å². The number of carbonyl (C=O) groups is 1. The van der Waals surface area contributed by atoms with Crippen molar-refractivity contribution in [2.24, 2.45) is 0 Å². The summed E-state index contributed by atoms with van der Waals surface area (Å²) in [7, 11) is -4.04. The van der Waals surface area contributed by atoms with E-state index < -0.39 is 21.7 Å². The number of rotatable bonds is 3. The molecule has 2 aromatic heterocycles. The highest BCUT2D eigenvalue weighted by Gasteiger charge is 2.26. The van der Waals surface area contributed by atoms with Crippen molar-refractivity contribution < 1.29 is 18.3 Å². The van der Waals surface area contributed by atoms with E-state index in [0.717, 1.165) is 15.7 Å². The molecule has 0 spiro atoms. The van der Waals surface area contributed by atoms with Gasteiger partial charge in [-0.15, -0.1) is 0 Å². The lowest BCUT2D eigenvalue weighted by Gasteiger charge is -2.09. The molecule has 24 heavy (non-hydrogen) atoms. The summed E-state index contributed by atoms with van der Waals surface area (Å²) >= 11 is 11.9. The summed E-state index contributed by atoms with van der Waals surface area (Å²) in [4.78, 5) is 15.2. The van der Waals surface area contributed by atoms with E-state index in [0.29, 0.717) is 0 Å². The van der Waals surface area contributed by atoms with Crippen molar-refractivity contribution >= 4 is 50.1 Å². The van der Waals surface area contributed by atoms with Crippen LogP contribution in [0.1, 0.15) is 16.1 Å². The normalized spacial score (nSPS) is 11.8. The van der Waals surface area contributed by atoms with Crippen LogP contribution < -0.4 is 0 Å². The third kappa shape index (κ3) is 2.64. The molecule has 2 heterocycles. The minimum Gasteiger partial charge on any atom is -0.476 e. The van der Waals surface area contributed by atoms with Crippen LogP contribution >= 0.6 is 23.2 Å². The summed E-state index contributed by atoms with van der Waals surface area (Å²) in [6.45, 7) is 1.83. The molecule has 3 aromatic rings. The molecule has 124 valence electrons. The van der Waals surface area contributed by atoms with Gasteiger partial charge in [-0.05, 0) is 25.1 Å². The largest absolute Gasteiger partial charge is 0.476 e. The fraction of sp³-hybridized carbons (Fsp3) is 0.0667. The second kappa shape index (κ2) is 5.77. The van der Waals surface area contributed by atoms with Crippen molar-refractivity contribution in [3.8, 4) is 0 Å². The molecule has 0 aliphatic heterocycles. The number of nitrogens with zero attached hydrogens (tertiary/aromatic N) is 2. The topological polar surface area (TPSA) is 89.3 Å². The molecule has 0 unspecified atom stereocenters. The smallest absolute Gasteiger partial charge is 0.356 e. The number of aromatic carboxylic acids is 1. The standard InChI is InChI=1S/C15H10Cl2N2O4S/c1-8-2-4-9(5-3-8)24(22,23)19-7-11(16)10-6-12(17)18-13(14(10)19)15(20)21/h2-7H,1H3,(H,20,21). The summed E-state index contributed by atoms with van der Waals surface area (Å²) in [5.74, 6) is -1.40. The first-order valence-electron chi connectivity index (χ1n) is 6.64. The van der Waals surface area contributed by atoms with Crippen LogP contribution in [0.25, 0.3) is 10.9 Å². The van der Waals surface area contributed by atoms with Gasteiger partial charge >= 0.3 is 5.97 Å². The minimum absolute atomic E-state index is 0.00737. The van der Waals surface area contributed by atoms with Crippen LogP contribution in [-0.4, -0.2) is 28.5 Å². The van der Waals surface area contributed by atoms with E-state index in [4.69, 9.17) is 23.2 Å². The quantitative estimate of drug-likeness (QED) is 0.696. The molecule has 1 aromatic carbocycles. The molecule has 0 amide bonds. The Labute approximate surface area is 147 Å². The fourth-order valence-electron chi connectivity index (χ4n) is 2.31. The van der Waals surface area contributed by atoms with E-state index in [-0.39, 0.29) is 26.0 Å². The Balaban J connectivity index is 2.38. The number of hydrogen-bond acceptors (Lipinski definition) is 4. The second-order valence-corrected chi connectivity index (χ2v) is 7.70. The maximum absolute atomic E-state index is 12.9. The van der Waals surface area contributed by atoms with E-state index in [1.165, 1.54) is 18.2 Å². The van der Waals surface area contributed by atoms with E-state index in [9.17, 15) is 18.3 Å². The van der Waals surface area contributed by atoms with Crippen LogP contribution in [0.4, 0.5) is 0 Å². The monoisotopic (exact) mass is 384 g/mol.